The Morgan fingerprint density at radius 1 is 0.972 bits per heavy atom. The van der Waals surface area contributed by atoms with Crippen molar-refractivity contribution in [2.45, 2.75) is 25.9 Å². The first-order chi connectivity index (χ1) is 17.5. The molecule has 1 N–H and O–H groups in total. The molecule has 0 spiro atoms. The minimum atomic E-state index is -0.784. The highest BCUT2D eigenvalue weighted by atomic mass is 16.5. The van der Waals surface area contributed by atoms with Crippen LogP contribution in [-0.2, 0) is 16.1 Å². The molecule has 0 saturated carbocycles. The lowest BCUT2D eigenvalue weighted by Gasteiger charge is -2.26. The number of likely N-dealkylation sites (tertiary alicyclic amines) is 1. The maximum absolute atomic E-state index is 13.3. The van der Waals surface area contributed by atoms with E-state index < -0.39 is 17.7 Å². The lowest BCUT2D eigenvalue weighted by atomic mass is 9.95. The molecule has 1 heterocycles. The van der Waals surface area contributed by atoms with Crippen molar-refractivity contribution in [2.75, 3.05) is 13.2 Å². The van der Waals surface area contributed by atoms with Gasteiger partial charge in [0.2, 0.25) is 0 Å². The number of Topliss-reactive ketones (excluding diaryl/α,β-unsaturated/α-hetero) is 1. The summed E-state index contributed by atoms with van der Waals surface area (Å²) in [7, 11) is 0. The van der Waals surface area contributed by atoms with Crippen molar-refractivity contribution in [3.05, 3.63) is 114 Å². The number of ether oxygens (including phenoxy) is 2. The monoisotopic (exact) mass is 483 g/mol. The topological polar surface area (TPSA) is 76.1 Å². The second-order valence-electron chi connectivity index (χ2n) is 8.46. The number of amides is 1. The SMILES string of the molecule is C=CCOc1cccc(C2C(=C(O)c3ccc(OCCC)cc3)C(=O)C(=O)N2Cc2ccccc2)c1. The summed E-state index contributed by atoms with van der Waals surface area (Å²) >= 11 is 0. The van der Waals surface area contributed by atoms with E-state index in [0.29, 0.717) is 35.8 Å². The highest BCUT2D eigenvalue weighted by molar-refractivity contribution is 6.46. The Balaban J connectivity index is 1.79. The Bertz CT molecular complexity index is 1260. The van der Waals surface area contributed by atoms with Gasteiger partial charge in [-0.2, -0.15) is 0 Å². The molecule has 0 aliphatic carbocycles. The van der Waals surface area contributed by atoms with Crippen LogP contribution < -0.4 is 9.47 Å². The number of rotatable bonds is 10. The zero-order chi connectivity index (χ0) is 25.5. The number of carbonyl (C=O) groups excluding carboxylic acids is 2. The fourth-order valence-corrected chi connectivity index (χ4v) is 4.18. The van der Waals surface area contributed by atoms with E-state index in [4.69, 9.17) is 9.47 Å². The molecule has 184 valence electrons. The number of aliphatic hydroxyl groups excluding tert-OH is 1. The molecule has 6 heteroatoms. The maximum atomic E-state index is 13.3. The van der Waals surface area contributed by atoms with E-state index in [1.165, 1.54) is 4.90 Å². The van der Waals surface area contributed by atoms with Gasteiger partial charge in [-0.15, -0.1) is 0 Å². The van der Waals surface area contributed by atoms with Crippen molar-refractivity contribution < 1.29 is 24.2 Å². The third kappa shape index (κ3) is 5.33. The minimum absolute atomic E-state index is 0.0408. The quantitative estimate of drug-likeness (QED) is 0.174. The van der Waals surface area contributed by atoms with E-state index in [1.54, 1.807) is 48.5 Å². The molecule has 1 unspecified atom stereocenters. The lowest BCUT2D eigenvalue weighted by Crippen LogP contribution is -2.29. The van der Waals surface area contributed by atoms with Crippen LogP contribution >= 0.6 is 0 Å². The van der Waals surface area contributed by atoms with Crippen LogP contribution in [0.15, 0.2) is 97.1 Å². The Morgan fingerprint density at radius 2 is 1.72 bits per heavy atom. The zero-order valence-corrected chi connectivity index (χ0v) is 20.2. The summed E-state index contributed by atoms with van der Waals surface area (Å²) in [6, 6.07) is 22.7. The lowest BCUT2D eigenvalue weighted by molar-refractivity contribution is -0.140. The fourth-order valence-electron chi connectivity index (χ4n) is 4.18. The number of hydrogen-bond donors (Lipinski definition) is 1. The van der Waals surface area contributed by atoms with Gasteiger partial charge in [-0.1, -0.05) is 62.0 Å². The van der Waals surface area contributed by atoms with Gasteiger partial charge in [0, 0.05) is 12.1 Å². The van der Waals surface area contributed by atoms with Crippen molar-refractivity contribution in [2.24, 2.45) is 0 Å². The van der Waals surface area contributed by atoms with Gasteiger partial charge in [0.05, 0.1) is 18.2 Å². The molecule has 3 aromatic rings. The fraction of sp³-hybridized carbons (Fsp3) is 0.200. The van der Waals surface area contributed by atoms with Crippen molar-refractivity contribution in [3.63, 3.8) is 0 Å². The minimum Gasteiger partial charge on any atom is -0.507 e. The van der Waals surface area contributed by atoms with E-state index >= 15 is 0 Å². The van der Waals surface area contributed by atoms with Gasteiger partial charge in [-0.3, -0.25) is 9.59 Å². The van der Waals surface area contributed by atoms with Crippen LogP contribution in [0.4, 0.5) is 0 Å². The molecule has 1 amide bonds. The van der Waals surface area contributed by atoms with Crippen LogP contribution in [0.5, 0.6) is 11.5 Å². The summed E-state index contributed by atoms with van der Waals surface area (Å²) in [5.41, 5.74) is 2.01. The molecule has 1 fully saturated rings. The third-order valence-corrected chi connectivity index (χ3v) is 5.88. The number of aliphatic hydroxyl groups is 1. The summed E-state index contributed by atoms with van der Waals surface area (Å²) in [6.07, 6.45) is 2.52. The molecule has 36 heavy (non-hydrogen) atoms. The molecule has 1 atom stereocenters. The van der Waals surface area contributed by atoms with Crippen molar-refractivity contribution in [1.82, 2.24) is 4.90 Å². The average molecular weight is 484 g/mol. The maximum Gasteiger partial charge on any atom is 0.295 e. The smallest absolute Gasteiger partial charge is 0.295 e. The first-order valence-corrected chi connectivity index (χ1v) is 11.9. The van der Waals surface area contributed by atoms with E-state index in [2.05, 4.69) is 6.58 Å². The van der Waals surface area contributed by atoms with Crippen LogP contribution in [0.25, 0.3) is 5.76 Å². The molecule has 1 aliphatic rings. The number of hydrogen-bond acceptors (Lipinski definition) is 5. The Morgan fingerprint density at radius 3 is 2.42 bits per heavy atom. The van der Waals surface area contributed by atoms with Crippen LogP contribution in [0.1, 0.15) is 36.1 Å². The van der Waals surface area contributed by atoms with Gasteiger partial charge in [-0.05, 0) is 53.9 Å². The molecular weight excluding hydrogens is 454 g/mol. The summed E-state index contributed by atoms with van der Waals surface area (Å²) in [5, 5.41) is 11.3. The van der Waals surface area contributed by atoms with Crippen LogP contribution in [0.3, 0.4) is 0 Å². The molecule has 4 rings (SSSR count). The van der Waals surface area contributed by atoms with E-state index in [1.807, 2.05) is 43.3 Å². The van der Waals surface area contributed by atoms with Gasteiger partial charge in [0.15, 0.2) is 0 Å². The number of carbonyl (C=O) groups is 2. The number of ketones is 1. The summed E-state index contributed by atoms with van der Waals surface area (Å²) in [6.45, 7) is 6.81. The first kappa shape index (κ1) is 24.8. The summed E-state index contributed by atoms with van der Waals surface area (Å²) in [4.78, 5) is 28.0. The first-order valence-electron chi connectivity index (χ1n) is 11.9. The van der Waals surface area contributed by atoms with Crippen molar-refractivity contribution in [3.8, 4) is 11.5 Å². The summed E-state index contributed by atoms with van der Waals surface area (Å²) in [5.74, 6) is -0.368. The van der Waals surface area contributed by atoms with Gasteiger partial charge < -0.3 is 19.5 Å². The Labute approximate surface area is 211 Å². The normalized spacial score (nSPS) is 16.7. The van der Waals surface area contributed by atoms with Crippen LogP contribution in [0, 0.1) is 0 Å². The van der Waals surface area contributed by atoms with E-state index in [-0.39, 0.29) is 17.9 Å². The van der Waals surface area contributed by atoms with Crippen LogP contribution in [-0.4, -0.2) is 34.9 Å². The standard InChI is InChI=1S/C30H29NO5/c1-3-17-35-24-15-13-22(14-16-24)28(32)26-27(23-11-8-12-25(19-23)36-18-4-2)31(30(34)29(26)33)20-21-9-6-5-7-10-21/h4-16,19,27,32H,2-3,17-18,20H2,1H3. The van der Waals surface area contributed by atoms with Gasteiger partial charge in [0.25, 0.3) is 11.7 Å². The van der Waals surface area contributed by atoms with Crippen LogP contribution in [0.2, 0.25) is 0 Å². The molecule has 0 radical (unpaired) electrons. The molecule has 1 saturated heterocycles. The van der Waals surface area contributed by atoms with E-state index in [9.17, 15) is 14.7 Å². The highest BCUT2D eigenvalue weighted by Gasteiger charge is 2.46. The molecule has 0 bridgehead atoms. The predicted molar refractivity (Wildman–Crippen MR) is 139 cm³/mol. The predicted octanol–water partition coefficient (Wildman–Crippen LogP) is 5.66. The Kier molecular flexibility index (Phi) is 7.85. The van der Waals surface area contributed by atoms with Gasteiger partial charge >= 0.3 is 0 Å². The second kappa shape index (κ2) is 11.4. The molecule has 1 aliphatic heterocycles. The molecule has 3 aromatic carbocycles. The number of benzene rings is 3. The second-order valence-corrected chi connectivity index (χ2v) is 8.46. The number of nitrogens with zero attached hydrogens (tertiary/aromatic N) is 1. The molecule has 6 nitrogen and oxygen atoms in total. The van der Waals surface area contributed by atoms with Gasteiger partial charge in [-0.25, -0.2) is 0 Å². The average Bonchev–Trinajstić information content (AvgIpc) is 3.16. The largest absolute Gasteiger partial charge is 0.507 e. The third-order valence-electron chi connectivity index (χ3n) is 5.88. The van der Waals surface area contributed by atoms with E-state index in [0.717, 1.165) is 12.0 Å². The molecular formula is C30H29NO5. The van der Waals surface area contributed by atoms with Crippen molar-refractivity contribution >= 4 is 17.4 Å². The highest BCUT2D eigenvalue weighted by Crippen LogP contribution is 2.41. The molecule has 0 aromatic heterocycles. The summed E-state index contributed by atoms with van der Waals surface area (Å²) < 4.78 is 11.3. The van der Waals surface area contributed by atoms with Crippen molar-refractivity contribution in [1.29, 1.82) is 0 Å². The Hall–Kier alpha value is -4.32. The van der Waals surface area contributed by atoms with Gasteiger partial charge in [0.1, 0.15) is 23.9 Å². The zero-order valence-electron chi connectivity index (χ0n) is 20.2.